The van der Waals surface area contributed by atoms with Gasteiger partial charge >= 0.3 is 11.9 Å². The fraction of sp³-hybridized carbons (Fsp3) is 0.345. The molecule has 0 fully saturated rings. The second kappa shape index (κ2) is 10.7. The summed E-state index contributed by atoms with van der Waals surface area (Å²) in [7, 11) is 1.33. The molecule has 3 rings (SSSR count). The topological polar surface area (TPSA) is 72.9 Å². The second-order valence-corrected chi connectivity index (χ2v) is 9.68. The molecule has 0 N–H and O–H groups in total. The van der Waals surface area contributed by atoms with Gasteiger partial charge in [-0.05, 0) is 41.2 Å². The molecule has 0 spiro atoms. The molecule has 0 aromatic heterocycles. The molecule has 1 aliphatic heterocycles. The molecule has 35 heavy (non-hydrogen) atoms. The van der Waals surface area contributed by atoms with Gasteiger partial charge in [-0.2, -0.15) is 0 Å². The minimum atomic E-state index is -0.453. The normalized spacial score (nSPS) is 16.2. The summed E-state index contributed by atoms with van der Waals surface area (Å²) in [4.78, 5) is 39.7. The number of carbonyl (C=O) groups excluding carboxylic acids is 3. The maximum Gasteiger partial charge on any atom is 0.337 e. The Kier molecular flexibility index (Phi) is 7.95. The van der Waals surface area contributed by atoms with Gasteiger partial charge in [0.05, 0.1) is 24.8 Å². The van der Waals surface area contributed by atoms with E-state index in [1.807, 2.05) is 12.1 Å². The summed E-state index contributed by atoms with van der Waals surface area (Å²) in [5, 5.41) is 0. The Morgan fingerprint density at radius 2 is 1.69 bits per heavy atom. The average Bonchev–Trinajstić information content (AvgIpc) is 2.84. The van der Waals surface area contributed by atoms with Crippen LogP contribution < -0.4 is 0 Å². The maximum absolute atomic E-state index is 13.3. The monoisotopic (exact) mass is 475 g/mol. The van der Waals surface area contributed by atoms with Crippen LogP contribution in [0.3, 0.4) is 0 Å². The Balaban J connectivity index is 1.97. The van der Waals surface area contributed by atoms with Crippen LogP contribution in [0.25, 0.3) is 0 Å². The van der Waals surface area contributed by atoms with Crippen LogP contribution in [0, 0.1) is 0 Å². The van der Waals surface area contributed by atoms with E-state index in [9.17, 15) is 14.4 Å². The molecule has 1 amide bonds. The van der Waals surface area contributed by atoms with Gasteiger partial charge in [0.15, 0.2) is 0 Å². The molecule has 0 bridgehead atoms. The van der Waals surface area contributed by atoms with E-state index in [4.69, 9.17) is 9.47 Å². The van der Waals surface area contributed by atoms with Crippen molar-refractivity contribution in [2.45, 2.75) is 52.0 Å². The molecule has 1 heterocycles. The number of carbonyl (C=O) groups is 3. The van der Waals surface area contributed by atoms with Gasteiger partial charge in [-0.1, -0.05) is 69.8 Å². The zero-order valence-electron chi connectivity index (χ0n) is 21.1. The van der Waals surface area contributed by atoms with Gasteiger partial charge in [-0.3, -0.25) is 4.79 Å². The number of rotatable bonds is 7. The van der Waals surface area contributed by atoms with Crippen LogP contribution in [0.15, 0.2) is 72.5 Å². The number of nitrogens with zero attached hydrogens (tertiary/aromatic N) is 1. The largest absolute Gasteiger partial charge is 0.465 e. The summed E-state index contributed by atoms with van der Waals surface area (Å²) in [6.07, 6.45) is 1.68. The highest BCUT2D eigenvalue weighted by molar-refractivity contribution is 5.96. The molecule has 2 aromatic carbocycles. The molecule has 1 unspecified atom stereocenters. The van der Waals surface area contributed by atoms with Gasteiger partial charge in [0.2, 0.25) is 5.91 Å². The van der Waals surface area contributed by atoms with E-state index in [1.165, 1.54) is 18.7 Å². The van der Waals surface area contributed by atoms with Crippen LogP contribution >= 0.6 is 0 Å². The molecule has 6 heteroatoms. The van der Waals surface area contributed by atoms with Crippen molar-refractivity contribution in [3.63, 3.8) is 0 Å². The van der Waals surface area contributed by atoms with E-state index in [2.05, 4.69) is 39.5 Å². The SMILES string of the molecule is C=CCOC(=O)C1=C(C)N(Cc2ccc(C(=O)OC)cc2)C(=O)CC1c1ccc(C(C)(C)C)cc1. The van der Waals surface area contributed by atoms with Crippen LogP contribution in [0.4, 0.5) is 0 Å². The molecular formula is C29H33NO5. The van der Waals surface area contributed by atoms with Crippen LogP contribution in [0.1, 0.15) is 67.1 Å². The van der Waals surface area contributed by atoms with E-state index < -0.39 is 17.9 Å². The standard InChI is InChI=1S/C29H33NO5/c1-7-16-35-28(33)26-19(2)30(18-20-8-10-22(11-9-20)27(32)34-6)25(31)17-24(26)21-12-14-23(15-13-21)29(3,4)5/h7-15,24H,1,16-18H2,2-6H3. The van der Waals surface area contributed by atoms with Crippen molar-refractivity contribution >= 4 is 17.8 Å². The quantitative estimate of drug-likeness (QED) is 0.402. The van der Waals surface area contributed by atoms with E-state index in [-0.39, 0.29) is 30.9 Å². The number of ether oxygens (including phenoxy) is 2. The van der Waals surface area contributed by atoms with Crippen molar-refractivity contribution in [1.82, 2.24) is 4.90 Å². The van der Waals surface area contributed by atoms with Crippen LogP contribution in [-0.4, -0.2) is 36.5 Å². The summed E-state index contributed by atoms with van der Waals surface area (Å²) in [5.74, 6) is -1.35. The lowest BCUT2D eigenvalue weighted by molar-refractivity contribution is -0.139. The Morgan fingerprint density at radius 3 is 2.23 bits per heavy atom. The number of hydrogen-bond acceptors (Lipinski definition) is 5. The van der Waals surface area contributed by atoms with E-state index in [0.717, 1.165) is 11.1 Å². The van der Waals surface area contributed by atoms with Crippen LogP contribution in [0.2, 0.25) is 0 Å². The smallest absolute Gasteiger partial charge is 0.337 e. The van der Waals surface area contributed by atoms with Crippen LogP contribution in [0.5, 0.6) is 0 Å². The molecule has 0 saturated carbocycles. The molecule has 1 atom stereocenters. The van der Waals surface area contributed by atoms with Crippen LogP contribution in [-0.2, 0) is 31.0 Å². The molecule has 0 saturated heterocycles. The van der Waals surface area contributed by atoms with Gasteiger partial charge in [0, 0.05) is 18.0 Å². The number of allylic oxidation sites excluding steroid dienone is 1. The first-order valence-corrected chi connectivity index (χ1v) is 11.6. The molecule has 1 aliphatic rings. The number of esters is 2. The zero-order chi connectivity index (χ0) is 25.8. The number of hydrogen-bond donors (Lipinski definition) is 0. The third-order valence-corrected chi connectivity index (χ3v) is 6.27. The summed E-state index contributed by atoms with van der Waals surface area (Å²) in [6.45, 7) is 12.2. The number of methoxy groups -OCH3 is 1. The summed E-state index contributed by atoms with van der Waals surface area (Å²) >= 11 is 0. The predicted molar refractivity (Wildman–Crippen MR) is 135 cm³/mol. The van der Waals surface area contributed by atoms with Gasteiger partial charge in [-0.15, -0.1) is 0 Å². The molecule has 0 radical (unpaired) electrons. The lowest BCUT2D eigenvalue weighted by Gasteiger charge is -2.34. The Labute approximate surface area is 207 Å². The van der Waals surface area contributed by atoms with Crippen molar-refractivity contribution < 1.29 is 23.9 Å². The molecule has 184 valence electrons. The van der Waals surface area contributed by atoms with Gasteiger partial charge in [0.1, 0.15) is 6.61 Å². The first-order valence-electron chi connectivity index (χ1n) is 11.6. The first kappa shape index (κ1) is 25.9. The molecular weight excluding hydrogens is 442 g/mol. The first-order chi connectivity index (χ1) is 16.6. The minimum absolute atomic E-state index is 0.00138. The Morgan fingerprint density at radius 1 is 1.06 bits per heavy atom. The van der Waals surface area contributed by atoms with Crippen molar-refractivity contribution in [3.05, 3.63) is 94.7 Å². The van der Waals surface area contributed by atoms with Crippen molar-refractivity contribution in [2.24, 2.45) is 0 Å². The highest BCUT2D eigenvalue weighted by Crippen LogP contribution is 2.38. The summed E-state index contributed by atoms with van der Waals surface area (Å²) in [5.41, 5.74) is 4.38. The van der Waals surface area contributed by atoms with E-state index in [0.29, 0.717) is 16.8 Å². The lowest BCUT2D eigenvalue weighted by atomic mass is 9.81. The van der Waals surface area contributed by atoms with Gasteiger partial charge < -0.3 is 14.4 Å². The van der Waals surface area contributed by atoms with Crippen molar-refractivity contribution in [2.75, 3.05) is 13.7 Å². The number of amides is 1. The van der Waals surface area contributed by atoms with E-state index >= 15 is 0 Å². The average molecular weight is 476 g/mol. The highest BCUT2D eigenvalue weighted by Gasteiger charge is 2.37. The van der Waals surface area contributed by atoms with E-state index in [1.54, 1.807) is 36.1 Å². The Bertz CT molecular complexity index is 1140. The fourth-order valence-electron chi connectivity index (χ4n) is 4.23. The summed E-state index contributed by atoms with van der Waals surface area (Å²) < 4.78 is 10.2. The molecule has 6 nitrogen and oxygen atoms in total. The maximum atomic E-state index is 13.3. The van der Waals surface area contributed by atoms with Gasteiger partial charge in [-0.25, -0.2) is 9.59 Å². The fourth-order valence-corrected chi connectivity index (χ4v) is 4.23. The third-order valence-electron chi connectivity index (χ3n) is 6.27. The molecule has 2 aromatic rings. The lowest BCUT2D eigenvalue weighted by Crippen LogP contribution is -2.38. The Hall–Kier alpha value is -3.67. The minimum Gasteiger partial charge on any atom is -0.465 e. The predicted octanol–water partition coefficient (Wildman–Crippen LogP) is 5.29. The molecule has 0 aliphatic carbocycles. The zero-order valence-corrected chi connectivity index (χ0v) is 21.1. The summed E-state index contributed by atoms with van der Waals surface area (Å²) in [6, 6.07) is 15.0. The van der Waals surface area contributed by atoms with Crippen molar-refractivity contribution in [3.8, 4) is 0 Å². The third kappa shape index (κ3) is 5.88. The second-order valence-electron chi connectivity index (χ2n) is 9.68. The van der Waals surface area contributed by atoms with Crippen molar-refractivity contribution in [1.29, 1.82) is 0 Å². The highest BCUT2D eigenvalue weighted by atomic mass is 16.5. The van der Waals surface area contributed by atoms with Gasteiger partial charge in [0.25, 0.3) is 0 Å². The number of benzene rings is 2.